The van der Waals surface area contributed by atoms with Crippen LogP contribution in [-0.2, 0) is 0 Å². The maximum atomic E-state index is 13.3. The SMILES string of the molecule is CC1=CC=C(F)C([C@@H](C)C(F)(F)F)C=C1. The summed E-state index contributed by atoms with van der Waals surface area (Å²) >= 11 is 0. The Morgan fingerprint density at radius 3 is 2.40 bits per heavy atom. The molecule has 0 aromatic rings. The normalized spacial score (nSPS) is 24.3. The Morgan fingerprint density at radius 2 is 1.87 bits per heavy atom. The summed E-state index contributed by atoms with van der Waals surface area (Å²) in [5.74, 6) is -3.66. The maximum absolute atomic E-state index is 13.3. The van der Waals surface area contributed by atoms with Crippen LogP contribution in [0.15, 0.2) is 35.7 Å². The maximum Gasteiger partial charge on any atom is 0.392 e. The molecule has 1 aliphatic carbocycles. The first-order chi connectivity index (χ1) is 6.82. The predicted molar refractivity (Wildman–Crippen MR) is 50.8 cm³/mol. The van der Waals surface area contributed by atoms with Gasteiger partial charge in [-0.1, -0.05) is 30.7 Å². The van der Waals surface area contributed by atoms with Gasteiger partial charge in [-0.05, 0) is 13.0 Å². The highest BCUT2D eigenvalue weighted by Crippen LogP contribution is 2.37. The van der Waals surface area contributed by atoms with Crippen LogP contribution >= 0.6 is 0 Å². The van der Waals surface area contributed by atoms with E-state index in [1.54, 1.807) is 6.92 Å². The summed E-state index contributed by atoms with van der Waals surface area (Å²) in [5, 5.41) is 0. The van der Waals surface area contributed by atoms with Crippen LogP contribution < -0.4 is 0 Å². The molecule has 0 saturated carbocycles. The highest BCUT2D eigenvalue weighted by Gasteiger charge is 2.41. The first kappa shape index (κ1) is 12.0. The first-order valence-electron chi connectivity index (χ1n) is 4.61. The van der Waals surface area contributed by atoms with Crippen molar-refractivity contribution in [3.63, 3.8) is 0 Å². The van der Waals surface area contributed by atoms with E-state index in [2.05, 4.69) is 0 Å². The summed E-state index contributed by atoms with van der Waals surface area (Å²) in [6.07, 6.45) is 0.967. The van der Waals surface area contributed by atoms with Crippen LogP contribution in [0, 0.1) is 11.8 Å². The van der Waals surface area contributed by atoms with Gasteiger partial charge in [0.15, 0.2) is 0 Å². The number of halogens is 4. The average Bonchev–Trinajstić information content (AvgIpc) is 2.27. The van der Waals surface area contributed by atoms with Gasteiger partial charge in [0, 0.05) is 5.92 Å². The third-order valence-electron chi connectivity index (χ3n) is 2.45. The van der Waals surface area contributed by atoms with Gasteiger partial charge in [0.05, 0.1) is 5.92 Å². The van der Waals surface area contributed by atoms with Crippen molar-refractivity contribution >= 4 is 0 Å². The Bertz CT molecular complexity index is 320. The second-order valence-electron chi connectivity index (χ2n) is 3.68. The van der Waals surface area contributed by atoms with Crippen LogP contribution in [0.2, 0.25) is 0 Å². The molecule has 0 heterocycles. The van der Waals surface area contributed by atoms with Gasteiger partial charge in [0.25, 0.3) is 0 Å². The fourth-order valence-corrected chi connectivity index (χ4v) is 1.33. The Balaban J connectivity index is 2.94. The molecule has 0 saturated heterocycles. The highest BCUT2D eigenvalue weighted by molar-refractivity contribution is 5.29. The Hall–Kier alpha value is -1.06. The molecule has 0 aliphatic heterocycles. The summed E-state index contributed by atoms with van der Waals surface area (Å²) in [6, 6.07) is 0. The minimum atomic E-state index is -4.38. The summed E-state index contributed by atoms with van der Waals surface area (Å²) < 4.78 is 50.5. The molecule has 0 aromatic heterocycles. The van der Waals surface area contributed by atoms with Gasteiger partial charge in [-0.3, -0.25) is 0 Å². The zero-order chi connectivity index (χ0) is 11.6. The van der Waals surface area contributed by atoms with Crippen molar-refractivity contribution < 1.29 is 17.6 Å². The second kappa shape index (κ2) is 4.21. The summed E-state index contributed by atoms with van der Waals surface area (Å²) in [7, 11) is 0. The number of alkyl halides is 3. The number of rotatable bonds is 1. The van der Waals surface area contributed by atoms with Crippen molar-refractivity contribution in [3.05, 3.63) is 35.7 Å². The van der Waals surface area contributed by atoms with Crippen LogP contribution in [0.3, 0.4) is 0 Å². The first-order valence-corrected chi connectivity index (χ1v) is 4.61. The lowest BCUT2D eigenvalue weighted by Crippen LogP contribution is -2.27. The molecule has 2 atom stereocenters. The highest BCUT2D eigenvalue weighted by atomic mass is 19.4. The molecule has 0 amide bonds. The van der Waals surface area contributed by atoms with E-state index in [9.17, 15) is 17.6 Å². The minimum Gasteiger partial charge on any atom is -0.211 e. The summed E-state index contributed by atoms with van der Waals surface area (Å²) in [4.78, 5) is 0. The molecule has 1 aliphatic rings. The average molecular weight is 220 g/mol. The fraction of sp³-hybridized carbons (Fsp3) is 0.455. The lowest BCUT2D eigenvalue weighted by molar-refractivity contribution is -0.177. The van der Waals surface area contributed by atoms with Crippen LogP contribution in [0.25, 0.3) is 0 Å². The van der Waals surface area contributed by atoms with E-state index in [1.807, 2.05) is 0 Å². The van der Waals surface area contributed by atoms with Gasteiger partial charge in [-0.2, -0.15) is 13.2 Å². The molecule has 0 spiro atoms. The topological polar surface area (TPSA) is 0 Å². The fourth-order valence-electron chi connectivity index (χ4n) is 1.33. The summed E-state index contributed by atoms with van der Waals surface area (Å²) in [6.45, 7) is 2.70. The van der Waals surface area contributed by atoms with Crippen molar-refractivity contribution in [1.82, 2.24) is 0 Å². The predicted octanol–water partition coefficient (Wildman–Crippen LogP) is 4.17. The number of allylic oxidation sites excluding steroid dienone is 6. The van der Waals surface area contributed by atoms with Crippen molar-refractivity contribution in [2.45, 2.75) is 20.0 Å². The molecule has 4 heteroatoms. The van der Waals surface area contributed by atoms with E-state index in [0.717, 1.165) is 18.6 Å². The Labute approximate surface area is 86.0 Å². The van der Waals surface area contributed by atoms with Crippen LogP contribution in [0.5, 0.6) is 0 Å². The third kappa shape index (κ3) is 2.94. The van der Waals surface area contributed by atoms with Crippen molar-refractivity contribution in [1.29, 1.82) is 0 Å². The summed E-state index contributed by atoms with van der Waals surface area (Å²) in [5.41, 5.74) is 0.738. The zero-order valence-electron chi connectivity index (χ0n) is 8.48. The standard InChI is InChI=1S/C11H12F4/c1-7-3-5-9(10(12)6-4-7)8(2)11(13,14)15/h3-6,8-9H,1-2H3/t8-,9?/m1/s1. The van der Waals surface area contributed by atoms with E-state index in [4.69, 9.17) is 0 Å². The number of hydrogen-bond acceptors (Lipinski definition) is 0. The molecule has 0 aromatic carbocycles. The smallest absolute Gasteiger partial charge is 0.211 e. The lowest BCUT2D eigenvalue weighted by Gasteiger charge is -2.21. The van der Waals surface area contributed by atoms with Crippen LogP contribution in [0.4, 0.5) is 17.6 Å². The lowest BCUT2D eigenvalue weighted by atomic mass is 9.92. The largest absolute Gasteiger partial charge is 0.392 e. The van der Waals surface area contributed by atoms with Gasteiger partial charge in [-0.15, -0.1) is 0 Å². The van der Waals surface area contributed by atoms with E-state index in [-0.39, 0.29) is 0 Å². The molecule has 0 fully saturated rings. The number of hydrogen-bond donors (Lipinski definition) is 0. The Kier molecular flexibility index (Phi) is 3.37. The van der Waals surface area contributed by atoms with E-state index >= 15 is 0 Å². The second-order valence-corrected chi connectivity index (χ2v) is 3.68. The van der Waals surface area contributed by atoms with Gasteiger partial charge in [0.1, 0.15) is 5.83 Å². The molecule has 1 unspecified atom stereocenters. The molecule has 0 radical (unpaired) electrons. The van der Waals surface area contributed by atoms with Crippen molar-refractivity contribution in [3.8, 4) is 0 Å². The van der Waals surface area contributed by atoms with E-state index < -0.39 is 23.8 Å². The third-order valence-corrected chi connectivity index (χ3v) is 2.45. The Morgan fingerprint density at radius 1 is 1.27 bits per heavy atom. The zero-order valence-corrected chi connectivity index (χ0v) is 8.48. The monoisotopic (exact) mass is 220 g/mol. The molecule has 0 bridgehead atoms. The van der Waals surface area contributed by atoms with Gasteiger partial charge >= 0.3 is 6.18 Å². The van der Waals surface area contributed by atoms with E-state index in [0.29, 0.717) is 0 Å². The molecular formula is C11H12F4. The molecule has 1 rings (SSSR count). The minimum absolute atomic E-state index is 0.738. The van der Waals surface area contributed by atoms with Crippen LogP contribution in [-0.4, -0.2) is 6.18 Å². The van der Waals surface area contributed by atoms with Gasteiger partial charge in [-0.25, -0.2) is 4.39 Å². The molecule has 0 N–H and O–H groups in total. The molecular weight excluding hydrogens is 208 g/mol. The van der Waals surface area contributed by atoms with Gasteiger partial charge in [0.2, 0.25) is 0 Å². The quantitative estimate of drug-likeness (QED) is 0.582. The van der Waals surface area contributed by atoms with Gasteiger partial charge < -0.3 is 0 Å². The molecule has 0 nitrogen and oxygen atoms in total. The molecule has 84 valence electrons. The van der Waals surface area contributed by atoms with Crippen molar-refractivity contribution in [2.24, 2.45) is 11.8 Å². The molecule has 15 heavy (non-hydrogen) atoms. The van der Waals surface area contributed by atoms with E-state index in [1.165, 1.54) is 18.2 Å². The van der Waals surface area contributed by atoms with Crippen molar-refractivity contribution in [2.75, 3.05) is 0 Å². The van der Waals surface area contributed by atoms with Crippen LogP contribution in [0.1, 0.15) is 13.8 Å².